The van der Waals surface area contributed by atoms with Crippen molar-refractivity contribution in [3.8, 4) is 0 Å². The van der Waals surface area contributed by atoms with E-state index in [1.807, 2.05) is 30.3 Å². The smallest absolute Gasteiger partial charge is 0.211 e. The summed E-state index contributed by atoms with van der Waals surface area (Å²) in [5, 5.41) is 0. The third-order valence-electron chi connectivity index (χ3n) is 3.86. The summed E-state index contributed by atoms with van der Waals surface area (Å²) in [5.41, 5.74) is 1.10. The number of nitrogens with zero attached hydrogens (tertiary/aromatic N) is 1. The maximum Gasteiger partial charge on any atom is 0.211 e. The van der Waals surface area contributed by atoms with E-state index in [1.54, 1.807) is 4.31 Å². The Morgan fingerprint density at radius 1 is 1.29 bits per heavy atom. The molecular weight excluding hydrogens is 306 g/mol. The first-order valence-electron chi connectivity index (χ1n) is 7.20. The Labute approximate surface area is 132 Å². The van der Waals surface area contributed by atoms with Gasteiger partial charge in [-0.15, -0.1) is 0 Å². The zero-order valence-corrected chi connectivity index (χ0v) is 14.0. The minimum Gasteiger partial charge on any atom is -0.375 e. The fourth-order valence-corrected chi connectivity index (χ4v) is 4.16. The number of benzene rings is 1. The molecule has 2 rings (SSSR count). The minimum absolute atomic E-state index is 0.0557. The quantitative estimate of drug-likeness (QED) is 0.814. The SMILES string of the molecule is CS(=O)(=O)N1CC(CS)CCC1COCc1ccccc1. The number of hydrogen-bond acceptors (Lipinski definition) is 4. The van der Waals surface area contributed by atoms with Gasteiger partial charge in [-0.05, 0) is 30.1 Å². The van der Waals surface area contributed by atoms with Gasteiger partial charge in [0.1, 0.15) is 0 Å². The van der Waals surface area contributed by atoms with Crippen LogP contribution in [0.4, 0.5) is 0 Å². The molecule has 1 heterocycles. The first-order chi connectivity index (χ1) is 10.0. The molecule has 0 N–H and O–H groups in total. The van der Waals surface area contributed by atoms with E-state index in [0.717, 1.165) is 24.2 Å². The molecule has 0 saturated carbocycles. The normalized spacial score (nSPS) is 24.1. The van der Waals surface area contributed by atoms with Gasteiger partial charge in [-0.3, -0.25) is 0 Å². The number of ether oxygens (including phenoxy) is 1. The summed E-state index contributed by atoms with van der Waals surface area (Å²) in [5.74, 6) is 1.07. The fourth-order valence-electron chi connectivity index (χ4n) is 2.68. The van der Waals surface area contributed by atoms with Gasteiger partial charge in [0, 0.05) is 12.6 Å². The highest BCUT2D eigenvalue weighted by Crippen LogP contribution is 2.25. The lowest BCUT2D eigenvalue weighted by Crippen LogP contribution is -2.48. The molecule has 118 valence electrons. The first kappa shape index (κ1) is 16.8. The fraction of sp³-hybridized carbons (Fsp3) is 0.600. The molecule has 0 amide bonds. The van der Waals surface area contributed by atoms with Gasteiger partial charge in [-0.25, -0.2) is 8.42 Å². The lowest BCUT2D eigenvalue weighted by molar-refractivity contribution is 0.0568. The molecule has 0 radical (unpaired) electrons. The summed E-state index contributed by atoms with van der Waals surface area (Å²) < 4.78 is 31.2. The zero-order valence-electron chi connectivity index (χ0n) is 12.3. The van der Waals surface area contributed by atoms with Crippen LogP contribution < -0.4 is 0 Å². The molecule has 2 unspecified atom stereocenters. The van der Waals surface area contributed by atoms with Crippen LogP contribution in [0.5, 0.6) is 0 Å². The van der Waals surface area contributed by atoms with Crippen molar-refractivity contribution in [1.82, 2.24) is 4.31 Å². The lowest BCUT2D eigenvalue weighted by Gasteiger charge is -2.37. The summed E-state index contributed by atoms with van der Waals surface area (Å²) in [6.07, 6.45) is 3.13. The van der Waals surface area contributed by atoms with E-state index in [2.05, 4.69) is 12.6 Å². The highest BCUT2D eigenvalue weighted by Gasteiger charge is 2.33. The van der Waals surface area contributed by atoms with E-state index in [1.165, 1.54) is 6.26 Å². The Balaban J connectivity index is 1.91. The second-order valence-corrected chi connectivity index (χ2v) is 7.91. The predicted octanol–water partition coefficient (Wildman–Crippen LogP) is 2.17. The summed E-state index contributed by atoms with van der Waals surface area (Å²) in [7, 11) is -3.19. The number of thiol groups is 1. The van der Waals surface area contributed by atoms with Crippen LogP contribution in [0.2, 0.25) is 0 Å². The van der Waals surface area contributed by atoms with E-state index in [0.29, 0.717) is 25.7 Å². The average molecular weight is 329 g/mol. The Morgan fingerprint density at radius 2 is 2.00 bits per heavy atom. The highest BCUT2D eigenvalue weighted by atomic mass is 32.2. The van der Waals surface area contributed by atoms with Gasteiger partial charge in [0.2, 0.25) is 10.0 Å². The number of hydrogen-bond donors (Lipinski definition) is 1. The molecule has 0 bridgehead atoms. The molecule has 1 fully saturated rings. The van der Waals surface area contributed by atoms with Gasteiger partial charge < -0.3 is 4.74 Å². The average Bonchev–Trinajstić information content (AvgIpc) is 2.47. The number of piperidine rings is 1. The molecule has 1 aromatic carbocycles. The van der Waals surface area contributed by atoms with E-state index in [9.17, 15) is 8.42 Å². The molecule has 0 aromatic heterocycles. The molecule has 0 spiro atoms. The second-order valence-electron chi connectivity index (χ2n) is 5.61. The van der Waals surface area contributed by atoms with Crippen LogP contribution in [0, 0.1) is 5.92 Å². The van der Waals surface area contributed by atoms with E-state index < -0.39 is 10.0 Å². The van der Waals surface area contributed by atoms with Crippen molar-refractivity contribution in [3.63, 3.8) is 0 Å². The summed E-state index contributed by atoms with van der Waals surface area (Å²) in [6.45, 7) is 1.52. The maximum absolute atomic E-state index is 11.9. The van der Waals surface area contributed by atoms with Crippen molar-refractivity contribution >= 4 is 22.7 Å². The molecule has 6 heteroatoms. The monoisotopic (exact) mass is 329 g/mol. The van der Waals surface area contributed by atoms with E-state index >= 15 is 0 Å². The number of sulfonamides is 1. The van der Waals surface area contributed by atoms with Crippen molar-refractivity contribution in [1.29, 1.82) is 0 Å². The molecule has 0 aliphatic carbocycles. The molecule has 21 heavy (non-hydrogen) atoms. The third-order valence-corrected chi connectivity index (χ3v) is 5.68. The van der Waals surface area contributed by atoms with Gasteiger partial charge in [-0.1, -0.05) is 30.3 Å². The van der Waals surface area contributed by atoms with Gasteiger partial charge >= 0.3 is 0 Å². The predicted molar refractivity (Wildman–Crippen MR) is 88.0 cm³/mol. The molecule has 4 nitrogen and oxygen atoms in total. The Hall–Kier alpha value is -0.560. The van der Waals surface area contributed by atoms with Crippen LogP contribution in [-0.4, -0.2) is 43.9 Å². The van der Waals surface area contributed by atoms with Crippen LogP contribution in [0.3, 0.4) is 0 Å². The van der Waals surface area contributed by atoms with Crippen LogP contribution in [0.25, 0.3) is 0 Å². The summed E-state index contributed by atoms with van der Waals surface area (Å²) in [6, 6.07) is 9.87. The van der Waals surface area contributed by atoms with Crippen LogP contribution in [-0.2, 0) is 21.4 Å². The van der Waals surface area contributed by atoms with Crippen LogP contribution >= 0.6 is 12.6 Å². The lowest BCUT2D eigenvalue weighted by atomic mass is 9.96. The van der Waals surface area contributed by atoms with Gasteiger partial charge in [0.05, 0.1) is 19.5 Å². The topological polar surface area (TPSA) is 46.6 Å². The summed E-state index contributed by atoms with van der Waals surface area (Å²) >= 11 is 4.30. The standard InChI is InChI=1S/C15H23NO3S2/c1-21(17,18)16-9-14(12-20)7-8-15(16)11-19-10-13-5-3-2-4-6-13/h2-6,14-15,20H,7-12H2,1H3. The maximum atomic E-state index is 11.9. The van der Waals surface area contributed by atoms with Crippen LogP contribution in [0.15, 0.2) is 30.3 Å². The highest BCUT2D eigenvalue weighted by molar-refractivity contribution is 7.88. The zero-order chi connectivity index (χ0) is 15.3. The third kappa shape index (κ3) is 4.98. The van der Waals surface area contributed by atoms with Gasteiger partial charge in [-0.2, -0.15) is 16.9 Å². The molecule has 1 aromatic rings. The van der Waals surface area contributed by atoms with Crippen molar-refractivity contribution < 1.29 is 13.2 Å². The molecular formula is C15H23NO3S2. The van der Waals surface area contributed by atoms with Crippen molar-refractivity contribution in [2.45, 2.75) is 25.5 Å². The van der Waals surface area contributed by atoms with Crippen molar-refractivity contribution in [2.24, 2.45) is 5.92 Å². The molecule has 1 aliphatic rings. The van der Waals surface area contributed by atoms with Gasteiger partial charge in [0.25, 0.3) is 0 Å². The Bertz CT molecular complexity index is 533. The van der Waals surface area contributed by atoms with Crippen LogP contribution in [0.1, 0.15) is 18.4 Å². The van der Waals surface area contributed by atoms with Gasteiger partial charge in [0.15, 0.2) is 0 Å². The van der Waals surface area contributed by atoms with E-state index in [4.69, 9.17) is 4.74 Å². The summed E-state index contributed by atoms with van der Waals surface area (Å²) in [4.78, 5) is 0. The van der Waals surface area contributed by atoms with Crippen molar-refractivity contribution in [2.75, 3.05) is 25.2 Å². The largest absolute Gasteiger partial charge is 0.375 e. The second kappa shape index (κ2) is 7.63. The molecule has 2 atom stereocenters. The first-order valence-corrected chi connectivity index (χ1v) is 9.68. The molecule has 1 saturated heterocycles. The Kier molecular flexibility index (Phi) is 6.10. The number of rotatable bonds is 6. The molecule has 1 aliphatic heterocycles. The van der Waals surface area contributed by atoms with Crippen molar-refractivity contribution in [3.05, 3.63) is 35.9 Å². The Morgan fingerprint density at radius 3 is 2.62 bits per heavy atom. The van der Waals surface area contributed by atoms with E-state index in [-0.39, 0.29) is 6.04 Å². The minimum atomic E-state index is -3.19.